The highest BCUT2D eigenvalue weighted by Gasteiger charge is 2.19. The van der Waals surface area contributed by atoms with Crippen LogP contribution in [0.15, 0.2) is 18.2 Å². The summed E-state index contributed by atoms with van der Waals surface area (Å²) in [6, 6.07) is 5.10. The van der Waals surface area contributed by atoms with Gasteiger partial charge in [0.2, 0.25) is 11.8 Å². The zero-order valence-corrected chi connectivity index (χ0v) is 13.2. The van der Waals surface area contributed by atoms with Crippen molar-refractivity contribution in [1.29, 1.82) is 0 Å². The first-order chi connectivity index (χ1) is 9.95. The highest BCUT2D eigenvalue weighted by Crippen LogP contribution is 2.25. The molecule has 5 nitrogen and oxygen atoms in total. The lowest BCUT2D eigenvalue weighted by molar-refractivity contribution is -0.127. The number of benzene rings is 1. The summed E-state index contributed by atoms with van der Waals surface area (Å²) in [5.41, 5.74) is 0.883. The van der Waals surface area contributed by atoms with Crippen LogP contribution in [0.4, 0.5) is 0 Å². The minimum atomic E-state index is -0.175. The van der Waals surface area contributed by atoms with Crippen LogP contribution >= 0.6 is 23.2 Å². The number of nitrogens with zero attached hydrogens (tertiary/aromatic N) is 1. The number of amides is 2. The zero-order valence-electron chi connectivity index (χ0n) is 11.7. The van der Waals surface area contributed by atoms with E-state index in [0.29, 0.717) is 23.1 Å². The van der Waals surface area contributed by atoms with Crippen molar-refractivity contribution >= 4 is 35.0 Å². The number of carbonyl (C=O) groups excluding carboxylic acids is 2. The number of hydrogen-bond acceptors (Lipinski definition) is 3. The average molecular weight is 330 g/mol. The molecule has 0 unspecified atom stereocenters. The van der Waals surface area contributed by atoms with Crippen LogP contribution in [0.25, 0.3) is 0 Å². The van der Waals surface area contributed by atoms with E-state index in [-0.39, 0.29) is 30.9 Å². The molecule has 1 heterocycles. The lowest BCUT2D eigenvalue weighted by atomic mass is 10.1. The Hall–Kier alpha value is -1.30. The summed E-state index contributed by atoms with van der Waals surface area (Å²) < 4.78 is 0. The summed E-state index contributed by atoms with van der Waals surface area (Å²) in [4.78, 5) is 25.1. The Labute approximate surface area is 133 Å². The first-order valence-corrected chi connectivity index (χ1v) is 7.44. The first-order valence-electron chi connectivity index (χ1n) is 6.69. The molecule has 1 aliphatic heterocycles. The highest BCUT2D eigenvalue weighted by molar-refractivity contribution is 6.42. The molecule has 2 rings (SSSR count). The zero-order chi connectivity index (χ0) is 15.4. The van der Waals surface area contributed by atoms with E-state index in [9.17, 15) is 9.59 Å². The van der Waals surface area contributed by atoms with Crippen molar-refractivity contribution in [3.8, 4) is 0 Å². The number of rotatable bonds is 4. The predicted octanol–water partition coefficient (Wildman–Crippen LogP) is 1.60. The molecule has 0 saturated carbocycles. The maximum Gasteiger partial charge on any atom is 0.234 e. The first kappa shape index (κ1) is 16.1. The van der Waals surface area contributed by atoms with Gasteiger partial charge < -0.3 is 10.6 Å². The van der Waals surface area contributed by atoms with Gasteiger partial charge in [0, 0.05) is 13.1 Å². The molecular formula is C14H17Cl2N3O2. The van der Waals surface area contributed by atoms with Gasteiger partial charge in [0.1, 0.15) is 0 Å². The largest absolute Gasteiger partial charge is 0.354 e. The van der Waals surface area contributed by atoms with Crippen LogP contribution in [0.5, 0.6) is 0 Å². The fourth-order valence-electron chi connectivity index (χ4n) is 2.18. The van der Waals surface area contributed by atoms with Crippen LogP contribution in [-0.2, 0) is 9.59 Å². The molecule has 1 aliphatic rings. The van der Waals surface area contributed by atoms with E-state index in [1.54, 1.807) is 12.1 Å². The predicted molar refractivity (Wildman–Crippen MR) is 82.5 cm³/mol. The smallest absolute Gasteiger partial charge is 0.234 e. The Balaban J connectivity index is 1.89. The van der Waals surface area contributed by atoms with E-state index in [4.69, 9.17) is 23.2 Å². The van der Waals surface area contributed by atoms with Gasteiger partial charge in [-0.15, -0.1) is 0 Å². The SMILES string of the molecule is C[C@H](NC(=O)CN1CCNC(=O)C1)c1ccc(Cl)c(Cl)c1. The van der Waals surface area contributed by atoms with E-state index in [1.165, 1.54) is 0 Å². The number of carbonyl (C=O) groups is 2. The third-order valence-electron chi connectivity index (χ3n) is 3.31. The van der Waals surface area contributed by atoms with Crippen molar-refractivity contribution in [1.82, 2.24) is 15.5 Å². The van der Waals surface area contributed by atoms with Crippen LogP contribution in [0, 0.1) is 0 Å². The van der Waals surface area contributed by atoms with E-state index >= 15 is 0 Å². The Bertz CT molecular complexity index is 551. The number of halogens is 2. The molecule has 1 aromatic carbocycles. The van der Waals surface area contributed by atoms with Gasteiger partial charge in [0.05, 0.1) is 29.2 Å². The molecule has 2 amide bonds. The molecule has 0 radical (unpaired) electrons. The van der Waals surface area contributed by atoms with Crippen LogP contribution in [0.1, 0.15) is 18.5 Å². The summed E-state index contributed by atoms with van der Waals surface area (Å²) in [6.45, 7) is 3.60. The maximum atomic E-state index is 12.0. The summed E-state index contributed by atoms with van der Waals surface area (Å²) in [7, 11) is 0. The van der Waals surface area contributed by atoms with Gasteiger partial charge in [-0.25, -0.2) is 0 Å². The summed E-state index contributed by atoms with van der Waals surface area (Å²) in [5.74, 6) is -0.171. The Kier molecular flexibility index (Phi) is 5.45. The number of hydrogen-bond donors (Lipinski definition) is 2. The average Bonchev–Trinajstić information content (AvgIpc) is 2.41. The standard InChI is InChI=1S/C14H17Cl2N3O2/c1-9(10-2-3-11(15)12(16)6-10)18-14(21)8-19-5-4-17-13(20)7-19/h2-3,6,9H,4-5,7-8H2,1H3,(H,17,20)(H,18,21)/t9-/m0/s1. The second kappa shape index (κ2) is 7.11. The van der Waals surface area contributed by atoms with Gasteiger partial charge in [-0.1, -0.05) is 29.3 Å². The van der Waals surface area contributed by atoms with Gasteiger partial charge in [-0.05, 0) is 24.6 Å². The van der Waals surface area contributed by atoms with Crippen molar-refractivity contribution in [3.63, 3.8) is 0 Å². The molecule has 114 valence electrons. The third kappa shape index (κ3) is 4.59. The van der Waals surface area contributed by atoms with Gasteiger partial charge >= 0.3 is 0 Å². The van der Waals surface area contributed by atoms with Crippen molar-refractivity contribution in [2.45, 2.75) is 13.0 Å². The van der Waals surface area contributed by atoms with Crippen LogP contribution in [0.2, 0.25) is 10.0 Å². The number of piperazine rings is 1. The van der Waals surface area contributed by atoms with Crippen molar-refractivity contribution in [2.24, 2.45) is 0 Å². The minimum absolute atomic E-state index is 0.0495. The lowest BCUT2D eigenvalue weighted by Crippen LogP contribution is -2.50. The third-order valence-corrected chi connectivity index (χ3v) is 4.04. The summed E-state index contributed by atoms with van der Waals surface area (Å²) in [5, 5.41) is 6.56. The molecule has 2 N–H and O–H groups in total. The Morgan fingerprint density at radius 2 is 2.19 bits per heavy atom. The van der Waals surface area contributed by atoms with E-state index in [2.05, 4.69) is 10.6 Å². The monoisotopic (exact) mass is 329 g/mol. The molecule has 0 aromatic heterocycles. The van der Waals surface area contributed by atoms with Gasteiger partial charge in [0.25, 0.3) is 0 Å². The fraction of sp³-hybridized carbons (Fsp3) is 0.429. The van der Waals surface area contributed by atoms with Crippen molar-refractivity contribution in [3.05, 3.63) is 33.8 Å². The Morgan fingerprint density at radius 3 is 2.86 bits per heavy atom. The molecule has 7 heteroatoms. The van der Waals surface area contributed by atoms with Gasteiger partial charge in [-0.2, -0.15) is 0 Å². The van der Waals surface area contributed by atoms with Crippen molar-refractivity contribution < 1.29 is 9.59 Å². The molecule has 0 spiro atoms. The topological polar surface area (TPSA) is 61.4 Å². The molecule has 21 heavy (non-hydrogen) atoms. The Morgan fingerprint density at radius 1 is 1.43 bits per heavy atom. The quantitative estimate of drug-likeness (QED) is 0.882. The minimum Gasteiger partial charge on any atom is -0.354 e. The molecule has 0 bridgehead atoms. The molecule has 1 fully saturated rings. The van der Waals surface area contributed by atoms with Gasteiger partial charge in [0.15, 0.2) is 0 Å². The fourth-order valence-corrected chi connectivity index (χ4v) is 2.49. The van der Waals surface area contributed by atoms with Crippen LogP contribution < -0.4 is 10.6 Å². The van der Waals surface area contributed by atoms with E-state index in [0.717, 1.165) is 5.56 Å². The highest BCUT2D eigenvalue weighted by atomic mass is 35.5. The maximum absolute atomic E-state index is 12.0. The second-order valence-corrected chi connectivity index (χ2v) is 5.84. The van der Waals surface area contributed by atoms with E-state index < -0.39 is 0 Å². The molecule has 1 saturated heterocycles. The normalized spacial score (nSPS) is 17.2. The van der Waals surface area contributed by atoms with E-state index in [1.807, 2.05) is 17.9 Å². The second-order valence-electron chi connectivity index (χ2n) is 5.02. The molecule has 1 atom stereocenters. The van der Waals surface area contributed by atoms with Crippen molar-refractivity contribution in [2.75, 3.05) is 26.2 Å². The van der Waals surface area contributed by atoms with Crippen LogP contribution in [-0.4, -0.2) is 42.9 Å². The summed E-state index contributed by atoms with van der Waals surface area (Å²) >= 11 is 11.8. The summed E-state index contributed by atoms with van der Waals surface area (Å²) in [6.07, 6.45) is 0. The van der Waals surface area contributed by atoms with Crippen LogP contribution in [0.3, 0.4) is 0 Å². The lowest BCUT2D eigenvalue weighted by Gasteiger charge is -2.26. The molecule has 0 aliphatic carbocycles. The van der Waals surface area contributed by atoms with Gasteiger partial charge in [-0.3, -0.25) is 14.5 Å². The number of nitrogens with one attached hydrogen (secondary N) is 2. The molecule has 1 aromatic rings. The molecular weight excluding hydrogens is 313 g/mol.